The highest BCUT2D eigenvalue weighted by Gasteiger charge is 2.41. The van der Waals surface area contributed by atoms with Crippen LogP contribution in [-0.4, -0.2) is 95.6 Å². The molecule has 0 bridgehead atoms. The Morgan fingerprint density at radius 2 is 1.55 bits per heavy atom. The van der Waals surface area contributed by atoms with Crippen molar-refractivity contribution in [2.45, 2.75) is 24.3 Å². The van der Waals surface area contributed by atoms with E-state index in [4.69, 9.17) is 21.1 Å². The molecule has 3 amide bonds. The summed E-state index contributed by atoms with van der Waals surface area (Å²) in [5.74, 6) is -7.78. The predicted octanol–water partition coefficient (Wildman–Crippen LogP) is -4.43. The Kier molecular flexibility index (Phi) is 10.6. The first-order valence-electron chi connectivity index (χ1n) is 7.64. The molecule has 0 heterocycles. The molecule has 16 heteroatoms. The van der Waals surface area contributed by atoms with Crippen molar-refractivity contribution >= 4 is 29.7 Å². The fourth-order valence-electron chi connectivity index (χ4n) is 1.51. The molecule has 29 heavy (non-hydrogen) atoms. The Morgan fingerprint density at radius 1 is 0.966 bits per heavy atom. The average molecular weight is 432 g/mol. The van der Waals surface area contributed by atoms with Crippen LogP contribution >= 0.6 is 0 Å². The molecular weight excluding hydrogens is 413 g/mol. The monoisotopic (exact) mass is 432 g/mol. The summed E-state index contributed by atoms with van der Waals surface area (Å²) in [6, 6.07) is -5.16. The second-order valence-corrected chi connectivity index (χ2v) is 5.31. The molecule has 166 valence electrons. The van der Waals surface area contributed by atoms with Gasteiger partial charge in [0.1, 0.15) is 18.7 Å². The van der Waals surface area contributed by atoms with E-state index in [1.165, 1.54) is 0 Å². The molecule has 0 aliphatic rings. The number of alkyl halides is 3. The van der Waals surface area contributed by atoms with Gasteiger partial charge < -0.3 is 41.7 Å². The van der Waals surface area contributed by atoms with E-state index in [0.717, 1.165) is 0 Å². The van der Waals surface area contributed by atoms with Gasteiger partial charge in [0.05, 0.1) is 19.8 Å². The third kappa shape index (κ3) is 9.67. The number of aliphatic hydroxyl groups is 2. The van der Waals surface area contributed by atoms with Crippen molar-refractivity contribution in [1.29, 1.82) is 0 Å². The van der Waals surface area contributed by atoms with Crippen LogP contribution in [0.2, 0.25) is 0 Å². The van der Waals surface area contributed by atoms with Gasteiger partial charge in [0.15, 0.2) is 6.04 Å². The maximum Gasteiger partial charge on any atom is 0.490 e. The number of hydrogen-bond acceptors (Lipinski definition) is 9. The van der Waals surface area contributed by atoms with Gasteiger partial charge in [-0.1, -0.05) is 0 Å². The SMILES string of the molecule is N[C@@H](CO)C(=O)NCC(=O)N[C@@H](CO)C(=O)N[C@@H](COC(=O)C(F)(F)F)C(=O)O. The van der Waals surface area contributed by atoms with Crippen LogP contribution in [0.4, 0.5) is 13.2 Å². The normalized spacial score (nSPS) is 14.1. The molecule has 0 aliphatic heterocycles. The number of carboxylic acids is 1. The van der Waals surface area contributed by atoms with Gasteiger partial charge in [-0.15, -0.1) is 0 Å². The second-order valence-electron chi connectivity index (χ2n) is 5.31. The molecule has 0 saturated carbocycles. The van der Waals surface area contributed by atoms with Gasteiger partial charge in [-0.3, -0.25) is 14.4 Å². The number of esters is 1. The quantitative estimate of drug-likeness (QED) is 0.155. The van der Waals surface area contributed by atoms with E-state index in [1.54, 1.807) is 5.32 Å². The number of aliphatic hydroxyl groups excluding tert-OH is 2. The first-order chi connectivity index (χ1) is 13.3. The maximum absolute atomic E-state index is 12.0. The lowest BCUT2D eigenvalue weighted by Gasteiger charge is -2.20. The number of ether oxygens (including phenoxy) is 1. The fraction of sp³-hybridized carbons (Fsp3) is 0.615. The van der Waals surface area contributed by atoms with Crippen molar-refractivity contribution in [3.63, 3.8) is 0 Å². The Morgan fingerprint density at radius 3 is 2.00 bits per heavy atom. The highest BCUT2D eigenvalue weighted by atomic mass is 19.4. The summed E-state index contributed by atoms with van der Waals surface area (Å²) in [4.78, 5) is 56.4. The number of amides is 3. The second kappa shape index (κ2) is 11.8. The van der Waals surface area contributed by atoms with Crippen molar-refractivity contribution < 1.29 is 57.2 Å². The summed E-state index contributed by atoms with van der Waals surface area (Å²) in [5.41, 5.74) is 5.18. The fourth-order valence-corrected chi connectivity index (χ4v) is 1.51. The van der Waals surface area contributed by atoms with Crippen molar-refractivity contribution in [1.82, 2.24) is 16.0 Å². The number of hydrogen-bond donors (Lipinski definition) is 7. The topological polar surface area (TPSA) is 217 Å². The summed E-state index contributed by atoms with van der Waals surface area (Å²) in [7, 11) is 0. The van der Waals surface area contributed by atoms with E-state index >= 15 is 0 Å². The smallest absolute Gasteiger partial charge is 0.480 e. The average Bonchev–Trinajstić information content (AvgIpc) is 2.64. The molecule has 0 rings (SSSR count). The zero-order chi connectivity index (χ0) is 22.8. The highest BCUT2D eigenvalue weighted by molar-refractivity contribution is 5.92. The van der Waals surface area contributed by atoms with Gasteiger partial charge >= 0.3 is 18.1 Å². The molecule has 0 radical (unpaired) electrons. The molecular formula is C13H19F3N4O9. The number of aliphatic carboxylic acids is 1. The van der Waals surface area contributed by atoms with Gasteiger partial charge in [0.2, 0.25) is 17.7 Å². The van der Waals surface area contributed by atoms with Crippen LogP contribution in [0.1, 0.15) is 0 Å². The number of rotatable bonds is 11. The molecule has 0 unspecified atom stereocenters. The maximum atomic E-state index is 12.0. The summed E-state index contributed by atoms with van der Waals surface area (Å²) >= 11 is 0. The molecule has 0 aliphatic carbocycles. The Hall–Kier alpha value is -2.98. The Bertz CT molecular complexity index is 629. The standard InChI is InChI=1S/C13H19F3N4O9/c14-13(15,16)12(28)29-4-7(11(26)27)20-10(25)6(3-22)19-8(23)1-18-9(24)5(17)2-21/h5-7,21-22H,1-4,17H2,(H,18,24)(H,19,23)(H,20,25)(H,26,27)/t5-,6-,7-/m0/s1. The molecule has 0 aromatic rings. The van der Waals surface area contributed by atoms with Crippen LogP contribution < -0.4 is 21.7 Å². The van der Waals surface area contributed by atoms with Gasteiger partial charge in [0.25, 0.3) is 0 Å². The van der Waals surface area contributed by atoms with Crippen molar-refractivity contribution in [3.05, 3.63) is 0 Å². The molecule has 0 spiro atoms. The van der Waals surface area contributed by atoms with Crippen LogP contribution in [0.5, 0.6) is 0 Å². The highest BCUT2D eigenvalue weighted by Crippen LogP contribution is 2.16. The van der Waals surface area contributed by atoms with E-state index in [1.807, 2.05) is 10.6 Å². The first-order valence-corrected chi connectivity index (χ1v) is 7.64. The molecule has 0 fully saturated rings. The molecule has 3 atom stereocenters. The zero-order valence-corrected chi connectivity index (χ0v) is 14.6. The van der Waals surface area contributed by atoms with Crippen LogP contribution in [0, 0.1) is 0 Å². The van der Waals surface area contributed by atoms with Crippen LogP contribution in [-0.2, 0) is 28.7 Å². The molecule has 13 nitrogen and oxygen atoms in total. The molecule has 0 aromatic carbocycles. The van der Waals surface area contributed by atoms with Crippen LogP contribution in [0.3, 0.4) is 0 Å². The van der Waals surface area contributed by atoms with Gasteiger partial charge in [-0.25, -0.2) is 9.59 Å². The third-order valence-corrected chi connectivity index (χ3v) is 3.02. The lowest BCUT2D eigenvalue weighted by molar-refractivity contribution is -0.200. The Labute approximate surface area is 160 Å². The van der Waals surface area contributed by atoms with E-state index < -0.39 is 80.3 Å². The zero-order valence-electron chi connectivity index (χ0n) is 14.6. The number of carboxylic acid groups (broad SMARTS) is 1. The Balaban J connectivity index is 4.76. The van der Waals surface area contributed by atoms with E-state index in [9.17, 15) is 37.1 Å². The minimum absolute atomic E-state index is 0.704. The van der Waals surface area contributed by atoms with Gasteiger partial charge in [-0.2, -0.15) is 13.2 Å². The number of nitrogens with one attached hydrogen (secondary N) is 3. The van der Waals surface area contributed by atoms with Gasteiger partial charge in [0, 0.05) is 0 Å². The molecule has 0 saturated heterocycles. The van der Waals surface area contributed by atoms with Crippen molar-refractivity contribution in [2.75, 3.05) is 26.4 Å². The van der Waals surface area contributed by atoms with Crippen LogP contribution in [0.15, 0.2) is 0 Å². The number of nitrogens with two attached hydrogens (primary N) is 1. The molecule has 8 N–H and O–H groups in total. The lowest BCUT2D eigenvalue weighted by atomic mass is 10.2. The van der Waals surface area contributed by atoms with E-state index in [0.29, 0.717) is 0 Å². The summed E-state index contributed by atoms with van der Waals surface area (Å²) in [6.07, 6.45) is -5.38. The number of halogens is 3. The predicted molar refractivity (Wildman–Crippen MR) is 83.7 cm³/mol. The van der Waals surface area contributed by atoms with Gasteiger partial charge in [-0.05, 0) is 0 Å². The summed E-state index contributed by atoms with van der Waals surface area (Å²) in [5, 5.41) is 32.3. The van der Waals surface area contributed by atoms with Crippen molar-refractivity contribution in [3.8, 4) is 0 Å². The number of carbonyl (C=O) groups excluding carboxylic acids is 4. The molecule has 0 aromatic heterocycles. The summed E-state index contributed by atoms with van der Waals surface area (Å²) in [6.45, 7) is -3.84. The van der Waals surface area contributed by atoms with Crippen LogP contribution in [0.25, 0.3) is 0 Å². The lowest BCUT2D eigenvalue weighted by Crippen LogP contribution is -2.56. The number of carbonyl (C=O) groups is 5. The first kappa shape index (κ1) is 26.0. The summed E-state index contributed by atoms with van der Waals surface area (Å²) < 4.78 is 39.9. The third-order valence-electron chi connectivity index (χ3n) is 3.02. The van der Waals surface area contributed by atoms with E-state index in [2.05, 4.69) is 4.74 Å². The van der Waals surface area contributed by atoms with E-state index in [-0.39, 0.29) is 0 Å². The minimum Gasteiger partial charge on any atom is -0.480 e. The largest absolute Gasteiger partial charge is 0.490 e. The van der Waals surface area contributed by atoms with Crippen molar-refractivity contribution in [2.24, 2.45) is 5.73 Å². The minimum atomic E-state index is -5.38.